The van der Waals surface area contributed by atoms with Crippen molar-refractivity contribution in [2.45, 2.75) is 20.8 Å². The van der Waals surface area contributed by atoms with E-state index in [1.54, 1.807) is 24.3 Å². The molecule has 0 aliphatic carbocycles. The third-order valence-electron chi connectivity index (χ3n) is 2.37. The van der Waals surface area contributed by atoms with E-state index in [-0.39, 0.29) is 11.3 Å². The van der Waals surface area contributed by atoms with Crippen molar-refractivity contribution in [1.29, 1.82) is 0 Å². The highest BCUT2D eigenvalue weighted by Crippen LogP contribution is 2.11. The summed E-state index contributed by atoms with van der Waals surface area (Å²) in [6, 6.07) is 6.79. The van der Waals surface area contributed by atoms with Crippen molar-refractivity contribution in [2.24, 2.45) is 5.41 Å². The molecule has 0 saturated heterocycles. The smallest absolute Gasteiger partial charge is 0.328 e. The molecule has 19 heavy (non-hydrogen) atoms. The number of hydrogen-bond donors (Lipinski definition) is 2. The first-order chi connectivity index (χ1) is 8.78. The molecule has 0 atom stereocenters. The zero-order valence-electron chi connectivity index (χ0n) is 11.4. The Bertz CT molecular complexity index is 481. The summed E-state index contributed by atoms with van der Waals surface area (Å²) in [5, 5.41) is 11.4. The summed E-state index contributed by atoms with van der Waals surface area (Å²) in [5.74, 6) is -1.12. The molecule has 0 aliphatic rings. The molecule has 4 heteroatoms. The first kappa shape index (κ1) is 15.0. The number of carbonyl (C=O) groups excluding carboxylic acids is 1. The molecule has 0 heterocycles. The van der Waals surface area contributed by atoms with Crippen molar-refractivity contribution in [2.75, 3.05) is 6.54 Å². The highest BCUT2D eigenvalue weighted by atomic mass is 16.4. The van der Waals surface area contributed by atoms with Crippen LogP contribution in [0, 0.1) is 5.41 Å². The Labute approximate surface area is 113 Å². The van der Waals surface area contributed by atoms with Crippen LogP contribution in [0.2, 0.25) is 0 Å². The van der Waals surface area contributed by atoms with Crippen LogP contribution in [0.1, 0.15) is 36.7 Å². The second-order valence-electron chi connectivity index (χ2n) is 5.54. The van der Waals surface area contributed by atoms with Crippen molar-refractivity contribution < 1.29 is 14.7 Å². The first-order valence-corrected chi connectivity index (χ1v) is 6.07. The van der Waals surface area contributed by atoms with Gasteiger partial charge in [0.05, 0.1) is 0 Å². The van der Waals surface area contributed by atoms with Gasteiger partial charge >= 0.3 is 5.97 Å². The van der Waals surface area contributed by atoms with Gasteiger partial charge in [0.15, 0.2) is 0 Å². The largest absolute Gasteiger partial charge is 0.478 e. The molecule has 1 aromatic carbocycles. The predicted octanol–water partition coefficient (Wildman–Crippen LogP) is 2.56. The average Bonchev–Trinajstić information content (AvgIpc) is 2.33. The van der Waals surface area contributed by atoms with Crippen LogP contribution >= 0.6 is 0 Å². The molecule has 1 amide bonds. The third kappa shape index (κ3) is 5.86. The molecule has 0 radical (unpaired) electrons. The standard InChI is InChI=1S/C15H19NO3/c1-15(2,3)10-16-14(19)12-7-4-11(5-8-12)6-9-13(17)18/h4-9H,10H2,1-3H3,(H,16,19)(H,17,18). The Morgan fingerprint density at radius 3 is 2.26 bits per heavy atom. The van der Waals surface area contributed by atoms with Gasteiger partial charge in [-0.05, 0) is 29.2 Å². The predicted molar refractivity (Wildman–Crippen MR) is 74.9 cm³/mol. The van der Waals surface area contributed by atoms with E-state index in [0.29, 0.717) is 12.1 Å². The molecular formula is C15H19NO3. The Morgan fingerprint density at radius 2 is 1.79 bits per heavy atom. The molecule has 4 nitrogen and oxygen atoms in total. The fraction of sp³-hybridized carbons (Fsp3) is 0.333. The van der Waals surface area contributed by atoms with E-state index in [1.807, 2.05) is 20.8 Å². The van der Waals surface area contributed by atoms with Crippen LogP contribution in [0.3, 0.4) is 0 Å². The molecule has 102 valence electrons. The summed E-state index contributed by atoms with van der Waals surface area (Å²) in [7, 11) is 0. The highest BCUT2D eigenvalue weighted by molar-refractivity contribution is 5.94. The number of benzene rings is 1. The minimum atomic E-state index is -0.994. The molecule has 0 fully saturated rings. The monoisotopic (exact) mass is 261 g/mol. The maximum atomic E-state index is 11.8. The minimum absolute atomic E-state index is 0.0415. The van der Waals surface area contributed by atoms with Crippen LogP contribution in [0.4, 0.5) is 0 Å². The highest BCUT2D eigenvalue weighted by Gasteiger charge is 2.12. The molecule has 1 rings (SSSR count). The number of nitrogens with one attached hydrogen (secondary N) is 1. The van der Waals surface area contributed by atoms with E-state index < -0.39 is 5.97 Å². The fourth-order valence-electron chi connectivity index (χ4n) is 1.36. The fourth-order valence-corrected chi connectivity index (χ4v) is 1.36. The van der Waals surface area contributed by atoms with E-state index in [4.69, 9.17) is 5.11 Å². The lowest BCUT2D eigenvalue weighted by molar-refractivity contribution is -0.131. The van der Waals surface area contributed by atoms with Crippen molar-refractivity contribution >= 4 is 18.0 Å². The zero-order chi connectivity index (χ0) is 14.5. The van der Waals surface area contributed by atoms with Crippen LogP contribution in [0.15, 0.2) is 30.3 Å². The first-order valence-electron chi connectivity index (χ1n) is 6.07. The average molecular weight is 261 g/mol. The number of amides is 1. The summed E-state index contributed by atoms with van der Waals surface area (Å²) in [5.41, 5.74) is 1.35. The lowest BCUT2D eigenvalue weighted by atomic mass is 9.97. The van der Waals surface area contributed by atoms with Gasteiger partial charge in [-0.3, -0.25) is 4.79 Å². The zero-order valence-corrected chi connectivity index (χ0v) is 11.4. The number of rotatable bonds is 4. The van der Waals surface area contributed by atoms with E-state index >= 15 is 0 Å². The normalized spacial score (nSPS) is 11.5. The van der Waals surface area contributed by atoms with E-state index in [2.05, 4.69) is 5.32 Å². The van der Waals surface area contributed by atoms with Gasteiger partial charge in [0, 0.05) is 18.2 Å². The molecule has 0 aliphatic heterocycles. The molecule has 0 aromatic heterocycles. The van der Waals surface area contributed by atoms with Gasteiger partial charge in [0.2, 0.25) is 0 Å². The number of aliphatic carboxylic acids is 1. The van der Waals surface area contributed by atoms with Gasteiger partial charge in [0.1, 0.15) is 0 Å². The Morgan fingerprint density at radius 1 is 1.21 bits per heavy atom. The van der Waals surface area contributed by atoms with Crippen LogP contribution in [-0.4, -0.2) is 23.5 Å². The number of carboxylic acid groups (broad SMARTS) is 1. The lowest BCUT2D eigenvalue weighted by Gasteiger charge is -2.18. The summed E-state index contributed by atoms with van der Waals surface area (Å²) in [6.45, 7) is 6.75. The molecule has 0 bridgehead atoms. The summed E-state index contributed by atoms with van der Waals surface area (Å²) >= 11 is 0. The van der Waals surface area contributed by atoms with Crippen molar-refractivity contribution in [3.8, 4) is 0 Å². The number of carbonyl (C=O) groups is 2. The van der Waals surface area contributed by atoms with Gasteiger partial charge in [-0.1, -0.05) is 32.9 Å². The second kappa shape index (κ2) is 6.18. The second-order valence-corrected chi connectivity index (χ2v) is 5.54. The third-order valence-corrected chi connectivity index (χ3v) is 2.37. The van der Waals surface area contributed by atoms with Crippen molar-refractivity contribution in [3.05, 3.63) is 41.5 Å². The Hall–Kier alpha value is -2.10. The van der Waals surface area contributed by atoms with Gasteiger partial charge < -0.3 is 10.4 Å². The van der Waals surface area contributed by atoms with E-state index in [0.717, 1.165) is 11.6 Å². The summed E-state index contributed by atoms with van der Waals surface area (Å²) in [6.07, 6.45) is 2.55. The molecule has 2 N–H and O–H groups in total. The molecular weight excluding hydrogens is 242 g/mol. The van der Waals surface area contributed by atoms with Gasteiger partial charge in [-0.2, -0.15) is 0 Å². The van der Waals surface area contributed by atoms with Gasteiger partial charge in [-0.15, -0.1) is 0 Å². The maximum Gasteiger partial charge on any atom is 0.328 e. The SMILES string of the molecule is CC(C)(C)CNC(=O)c1ccc(C=CC(=O)O)cc1. The Kier molecular flexibility index (Phi) is 4.87. The number of carboxylic acids is 1. The van der Waals surface area contributed by atoms with Crippen molar-refractivity contribution in [3.63, 3.8) is 0 Å². The topological polar surface area (TPSA) is 66.4 Å². The van der Waals surface area contributed by atoms with Crippen molar-refractivity contribution in [1.82, 2.24) is 5.32 Å². The minimum Gasteiger partial charge on any atom is -0.478 e. The maximum absolute atomic E-state index is 11.8. The molecule has 1 aromatic rings. The van der Waals surface area contributed by atoms with Crippen LogP contribution in [-0.2, 0) is 4.79 Å². The summed E-state index contributed by atoms with van der Waals surface area (Å²) in [4.78, 5) is 22.2. The summed E-state index contributed by atoms with van der Waals surface area (Å²) < 4.78 is 0. The van der Waals surface area contributed by atoms with E-state index in [9.17, 15) is 9.59 Å². The Balaban J connectivity index is 2.66. The van der Waals surface area contributed by atoms with Gasteiger partial charge in [0.25, 0.3) is 5.91 Å². The molecule has 0 saturated carbocycles. The van der Waals surface area contributed by atoms with Crippen LogP contribution in [0.5, 0.6) is 0 Å². The lowest BCUT2D eigenvalue weighted by Crippen LogP contribution is -2.32. The van der Waals surface area contributed by atoms with E-state index in [1.165, 1.54) is 6.08 Å². The molecule has 0 spiro atoms. The van der Waals surface area contributed by atoms with Crippen LogP contribution < -0.4 is 5.32 Å². The number of hydrogen-bond acceptors (Lipinski definition) is 2. The molecule has 0 unspecified atom stereocenters. The van der Waals surface area contributed by atoms with Gasteiger partial charge in [-0.25, -0.2) is 4.79 Å². The quantitative estimate of drug-likeness (QED) is 0.819. The van der Waals surface area contributed by atoms with Crippen LogP contribution in [0.25, 0.3) is 6.08 Å².